The predicted octanol–water partition coefficient (Wildman–Crippen LogP) is 3.26. The Balaban J connectivity index is 1.96. The molecule has 3 aromatic rings. The number of hydrogen-bond acceptors (Lipinski definition) is 3. The van der Waals surface area contributed by atoms with Gasteiger partial charge in [-0.1, -0.05) is 24.3 Å². The molecule has 1 heterocycles. The summed E-state index contributed by atoms with van der Waals surface area (Å²) in [5, 5.41) is 2.74. The number of aromatic nitrogens is 2. The molecule has 0 aliphatic heterocycles. The van der Waals surface area contributed by atoms with Crippen LogP contribution in [0.15, 0.2) is 54.7 Å². The molecular formula is C16H13N3O. The van der Waals surface area contributed by atoms with Gasteiger partial charge in [0.2, 0.25) is 5.91 Å². The summed E-state index contributed by atoms with van der Waals surface area (Å²) in [5.74, 6) is -0.0803. The number of benzene rings is 2. The van der Waals surface area contributed by atoms with Crippen molar-refractivity contribution in [3.8, 4) is 11.3 Å². The van der Waals surface area contributed by atoms with E-state index >= 15 is 0 Å². The number of fused-ring (bicyclic) bond motifs is 1. The van der Waals surface area contributed by atoms with Gasteiger partial charge >= 0.3 is 0 Å². The average Bonchev–Trinajstić information content (AvgIpc) is 2.47. The first-order valence-electron chi connectivity index (χ1n) is 6.32. The molecule has 4 nitrogen and oxygen atoms in total. The van der Waals surface area contributed by atoms with E-state index in [4.69, 9.17) is 0 Å². The van der Waals surface area contributed by atoms with Crippen molar-refractivity contribution in [2.75, 3.05) is 5.32 Å². The second kappa shape index (κ2) is 5.09. The lowest BCUT2D eigenvalue weighted by molar-refractivity contribution is -0.114. The molecule has 1 aromatic heterocycles. The molecule has 0 fully saturated rings. The maximum absolute atomic E-state index is 11.0. The summed E-state index contributed by atoms with van der Waals surface area (Å²) in [6, 6.07) is 15.3. The Hall–Kier alpha value is -2.75. The fourth-order valence-corrected chi connectivity index (χ4v) is 2.02. The second-order valence-corrected chi connectivity index (χ2v) is 4.50. The van der Waals surface area contributed by atoms with Crippen LogP contribution in [0.1, 0.15) is 6.92 Å². The normalized spacial score (nSPS) is 10.4. The van der Waals surface area contributed by atoms with Crippen LogP contribution in [0.5, 0.6) is 0 Å². The number of anilines is 1. The van der Waals surface area contributed by atoms with E-state index < -0.39 is 0 Å². The lowest BCUT2D eigenvalue weighted by atomic mass is 10.1. The van der Waals surface area contributed by atoms with Crippen LogP contribution in [-0.4, -0.2) is 15.9 Å². The molecule has 0 spiro atoms. The molecule has 1 amide bonds. The molecular weight excluding hydrogens is 250 g/mol. The molecule has 1 N–H and O–H groups in total. The van der Waals surface area contributed by atoms with Gasteiger partial charge in [-0.05, 0) is 24.3 Å². The minimum atomic E-state index is -0.0803. The van der Waals surface area contributed by atoms with Gasteiger partial charge in [0.05, 0.1) is 22.9 Å². The number of nitrogens with zero attached hydrogens (tertiary/aromatic N) is 2. The Morgan fingerprint density at radius 3 is 2.40 bits per heavy atom. The van der Waals surface area contributed by atoms with Crippen LogP contribution in [0, 0.1) is 0 Å². The summed E-state index contributed by atoms with van der Waals surface area (Å²) in [6.07, 6.45) is 1.76. The minimum absolute atomic E-state index is 0.0803. The average molecular weight is 263 g/mol. The summed E-state index contributed by atoms with van der Waals surface area (Å²) in [4.78, 5) is 20.0. The van der Waals surface area contributed by atoms with Gasteiger partial charge in [0, 0.05) is 18.2 Å². The summed E-state index contributed by atoms with van der Waals surface area (Å²) in [6.45, 7) is 1.49. The lowest BCUT2D eigenvalue weighted by Crippen LogP contribution is -2.05. The van der Waals surface area contributed by atoms with Crippen molar-refractivity contribution in [3.05, 3.63) is 54.7 Å². The van der Waals surface area contributed by atoms with Crippen molar-refractivity contribution in [2.24, 2.45) is 0 Å². The summed E-state index contributed by atoms with van der Waals surface area (Å²) in [5.41, 5.74) is 4.31. The number of carbonyl (C=O) groups excluding carboxylic acids is 1. The lowest BCUT2D eigenvalue weighted by Gasteiger charge is -2.05. The molecule has 20 heavy (non-hydrogen) atoms. The largest absolute Gasteiger partial charge is 0.326 e. The van der Waals surface area contributed by atoms with Crippen LogP contribution in [0.2, 0.25) is 0 Å². The highest BCUT2D eigenvalue weighted by Crippen LogP contribution is 2.21. The molecule has 0 aliphatic carbocycles. The molecule has 0 unspecified atom stereocenters. The molecule has 2 aromatic carbocycles. The number of hydrogen-bond donors (Lipinski definition) is 1. The van der Waals surface area contributed by atoms with E-state index in [1.165, 1.54) is 6.92 Å². The molecule has 4 heteroatoms. The Bertz CT molecular complexity index is 766. The molecule has 0 saturated heterocycles. The van der Waals surface area contributed by atoms with Gasteiger partial charge in [-0.15, -0.1) is 0 Å². The Labute approximate surface area is 116 Å². The number of carbonyl (C=O) groups is 1. The SMILES string of the molecule is CC(=O)Nc1ccc(-c2cnc3ccccc3n2)cc1. The zero-order chi connectivity index (χ0) is 13.9. The van der Waals surface area contributed by atoms with Crippen LogP contribution < -0.4 is 5.32 Å². The summed E-state index contributed by atoms with van der Waals surface area (Å²) < 4.78 is 0. The highest BCUT2D eigenvalue weighted by Gasteiger charge is 2.03. The quantitative estimate of drug-likeness (QED) is 0.772. The van der Waals surface area contributed by atoms with Crippen LogP contribution in [0.25, 0.3) is 22.3 Å². The number of amides is 1. The Kier molecular flexibility index (Phi) is 3.13. The van der Waals surface area contributed by atoms with Crippen molar-refractivity contribution in [1.29, 1.82) is 0 Å². The third-order valence-electron chi connectivity index (χ3n) is 2.95. The van der Waals surface area contributed by atoms with Crippen LogP contribution in [0.3, 0.4) is 0 Å². The standard InChI is InChI=1S/C16H13N3O/c1-11(20)18-13-8-6-12(7-9-13)16-10-17-14-4-2-3-5-15(14)19-16/h2-10H,1H3,(H,18,20). The van der Waals surface area contributed by atoms with Gasteiger partial charge in [-0.2, -0.15) is 0 Å². The van der Waals surface area contributed by atoms with Gasteiger partial charge in [-0.3, -0.25) is 9.78 Å². The predicted molar refractivity (Wildman–Crippen MR) is 79.3 cm³/mol. The fraction of sp³-hybridized carbons (Fsp3) is 0.0625. The third-order valence-corrected chi connectivity index (χ3v) is 2.95. The smallest absolute Gasteiger partial charge is 0.221 e. The molecule has 0 aliphatic rings. The molecule has 98 valence electrons. The van der Waals surface area contributed by atoms with Crippen molar-refractivity contribution in [2.45, 2.75) is 6.92 Å². The second-order valence-electron chi connectivity index (χ2n) is 4.50. The van der Waals surface area contributed by atoms with Gasteiger partial charge < -0.3 is 5.32 Å². The zero-order valence-electron chi connectivity index (χ0n) is 11.0. The van der Waals surface area contributed by atoms with Crippen molar-refractivity contribution < 1.29 is 4.79 Å². The highest BCUT2D eigenvalue weighted by molar-refractivity contribution is 5.89. The third kappa shape index (κ3) is 2.49. The fourth-order valence-electron chi connectivity index (χ4n) is 2.02. The van der Waals surface area contributed by atoms with Crippen LogP contribution >= 0.6 is 0 Å². The maximum Gasteiger partial charge on any atom is 0.221 e. The monoisotopic (exact) mass is 263 g/mol. The molecule has 0 atom stereocenters. The minimum Gasteiger partial charge on any atom is -0.326 e. The Morgan fingerprint density at radius 2 is 1.70 bits per heavy atom. The summed E-state index contributed by atoms with van der Waals surface area (Å²) in [7, 11) is 0. The van der Waals surface area contributed by atoms with Gasteiger partial charge in [-0.25, -0.2) is 4.98 Å². The van der Waals surface area contributed by atoms with Crippen molar-refractivity contribution >= 4 is 22.6 Å². The first-order chi connectivity index (χ1) is 9.72. The molecule has 0 bridgehead atoms. The number of nitrogens with one attached hydrogen (secondary N) is 1. The van der Waals surface area contributed by atoms with Gasteiger partial charge in [0.1, 0.15) is 0 Å². The van der Waals surface area contributed by atoms with Crippen LogP contribution in [0.4, 0.5) is 5.69 Å². The van der Waals surface area contributed by atoms with E-state index in [2.05, 4.69) is 15.3 Å². The van der Waals surface area contributed by atoms with Crippen LogP contribution in [-0.2, 0) is 4.79 Å². The molecule has 0 radical (unpaired) electrons. The molecule has 3 rings (SSSR count). The van der Waals surface area contributed by atoms with Gasteiger partial charge in [0.25, 0.3) is 0 Å². The van der Waals surface area contributed by atoms with E-state index in [0.717, 1.165) is 28.0 Å². The first kappa shape index (κ1) is 12.3. The summed E-state index contributed by atoms with van der Waals surface area (Å²) >= 11 is 0. The van der Waals surface area contributed by atoms with E-state index in [1.807, 2.05) is 48.5 Å². The Morgan fingerprint density at radius 1 is 1.00 bits per heavy atom. The van der Waals surface area contributed by atoms with E-state index in [0.29, 0.717) is 0 Å². The maximum atomic E-state index is 11.0. The zero-order valence-corrected chi connectivity index (χ0v) is 11.0. The van der Waals surface area contributed by atoms with E-state index in [1.54, 1.807) is 6.20 Å². The van der Waals surface area contributed by atoms with Gasteiger partial charge in [0.15, 0.2) is 0 Å². The first-order valence-corrected chi connectivity index (χ1v) is 6.32. The number of rotatable bonds is 2. The topological polar surface area (TPSA) is 54.9 Å². The highest BCUT2D eigenvalue weighted by atomic mass is 16.1. The van der Waals surface area contributed by atoms with E-state index in [9.17, 15) is 4.79 Å². The molecule has 0 saturated carbocycles. The van der Waals surface area contributed by atoms with Crippen molar-refractivity contribution in [3.63, 3.8) is 0 Å². The van der Waals surface area contributed by atoms with E-state index in [-0.39, 0.29) is 5.91 Å². The number of para-hydroxylation sites is 2. The van der Waals surface area contributed by atoms with Crippen molar-refractivity contribution in [1.82, 2.24) is 9.97 Å².